The van der Waals surface area contributed by atoms with Crippen LogP contribution in [-0.2, 0) is 14.8 Å². The van der Waals surface area contributed by atoms with Crippen molar-refractivity contribution in [3.05, 3.63) is 117 Å². The van der Waals surface area contributed by atoms with E-state index < -0.39 is 42.9 Å². The van der Waals surface area contributed by atoms with Crippen molar-refractivity contribution >= 4 is 61.2 Å². The summed E-state index contributed by atoms with van der Waals surface area (Å²) in [5.41, 5.74) is 4.31. The summed E-state index contributed by atoms with van der Waals surface area (Å²) in [5, 5.41) is 16.3. The van der Waals surface area contributed by atoms with Crippen molar-refractivity contribution in [1.82, 2.24) is 19.6 Å². The summed E-state index contributed by atoms with van der Waals surface area (Å²) >= 11 is 6.25. The summed E-state index contributed by atoms with van der Waals surface area (Å²) in [7, 11) is -4.82. The Morgan fingerprint density at radius 3 is 2.62 bits per heavy atom. The zero-order valence-electron chi connectivity index (χ0n) is 35.5. The van der Waals surface area contributed by atoms with Gasteiger partial charge in [-0.1, -0.05) is 43.2 Å². The third-order valence-electron chi connectivity index (χ3n) is 12.4. The first kappa shape index (κ1) is 44.1. The molecule has 2 aliphatic heterocycles. The average Bonchev–Trinajstić information content (AvgIpc) is 3.73. The first-order valence-corrected chi connectivity index (χ1v) is 23.1. The number of nitrogens with zero attached hydrogens (tertiary/aromatic N) is 4. The number of nitro benzene ring substituents is 1. The number of amides is 1. The molecule has 0 saturated carbocycles. The van der Waals surface area contributed by atoms with Gasteiger partial charge in [-0.3, -0.25) is 19.8 Å². The lowest BCUT2D eigenvalue weighted by Gasteiger charge is -2.43. The number of hydrogen-bond donors (Lipinski definition) is 3. The number of aromatic amines is 1. The minimum absolute atomic E-state index is 0.0550. The molecule has 3 aromatic carbocycles. The van der Waals surface area contributed by atoms with Crippen LogP contribution in [0.1, 0.15) is 68.8 Å². The van der Waals surface area contributed by atoms with E-state index >= 15 is 4.39 Å². The number of anilines is 2. The number of aromatic nitrogens is 2. The van der Waals surface area contributed by atoms with E-state index in [0.29, 0.717) is 61.6 Å². The maximum Gasteiger partial charge on any atom is 0.296 e. The fraction of sp³-hybridized carbons (Fsp3) is 0.391. The fourth-order valence-electron chi connectivity index (χ4n) is 8.73. The van der Waals surface area contributed by atoms with Crippen LogP contribution in [0.5, 0.6) is 11.5 Å². The number of carbonyl (C=O) groups is 1. The van der Waals surface area contributed by atoms with Crippen molar-refractivity contribution in [2.75, 3.05) is 56.2 Å². The Labute approximate surface area is 371 Å². The normalized spacial score (nSPS) is 18.7. The molecule has 2 saturated heterocycles. The second kappa shape index (κ2) is 18.3. The fourth-order valence-corrected chi connectivity index (χ4v) is 9.85. The smallest absolute Gasteiger partial charge is 0.296 e. The number of rotatable bonds is 13. The summed E-state index contributed by atoms with van der Waals surface area (Å²) < 4.78 is 56.5. The Morgan fingerprint density at radius 2 is 1.87 bits per heavy atom. The van der Waals surface area contributed by atoms with E-state index in [-0.39, 0.29) is 35.2 Å². The molecule has 1 atom stereocenters. The molecule has 2 fully saturated rings. The van der Waals surface area contributed by atoms with E-state index in [4.69, 9.17) is 21.1 Å². The average molecular weight is 900 g/mol. The maximum atomic E-state index is 15.5. The summed E-state index contributed by atoms with van der Waals surface area (Å²) in [6, 6.07) is 18.2. The molecule has 0 spiro atoms. The molecule has 1 amide bonds. The number of pyridine rings is 1. The van der Waals surface area contributed by atoms with Crippen LogP contribution < -0.4 is 19.7 Å². The molecule has 0 bridgehead atoms. The Hall–Kier alpha value is -5.55. The Bertz CT molecular complexity index is 2670. The van der Waals surface area contributed by atoms with Crippen LogP contribution in [0.4, 0.5) is 21.5 Å². The molecular formula is C46H51ClFN7O7S. The number of hydrogen-bond acceptors (Lipinski definition) is 11. The van der Waals surface area contributed by atoms with E-state index in [1.165, 1.54) is 29.0 Å². The van der Waals surface area contributed by atoms with Gasteiger partial charge in [0.05, 0.1) is 21.6 Å². The number of H-pyrrole nitrogens is 1. The van der Waals surface area contributed by atoms with Crippen LogP contribution >= 0.6 is 11.6 Å². The molecule has 4 heterocycles. The van der Waals surface area contributed by atoms with Gasteiger partial charge in [0.15, 0.2) is 5.82 Å². The molecule has 8 rings (SSSR count). The van der Waals surface area contributed by atoms with Gasteiger partial charge in [0.2, 0.25) is 0 Å². The van der Waals surface area contributed by atoms with Crippen molar-refractivity contribution in [2.45, 2.75) is 63.8 Å². The first-order valence-electron chi connectivity index (χ1n) is 21.2. The Morgan fingerprint density at radius 1 is 1.10 bits per heavy atom. The number of carbonyl (C=O) groups excluding carboxylic acids is 1. The van der Waals surface area contributed by atoms with Gasteiger partial charge in [0.25, 0.3) is 21.6 Å². The molecule has 0 radical (unpaired) electrons. The molecule has 63 heavy (non-hydrogen) atoms. The molecule has 3 N–H and O–H groups in total. The van der Waals surface area contributed by atoms with Crippen LogP contribution in [0, 0.1) is 27.3 Å². The Balaban J connectivity index is 1.03. The lowest BCUT2D eigenvalue weighted by molar-refractivity contribution is -0.384. The lowest BCUT2D eigenvalue weighted by Crippen LogP contribution is -2.52. The zero-order chi connectivity index (χ0) is 44.5. The summed E-state index contributed by atoms with van der Waals surface area (Å²) in [6.07, 6.45) is 7.75. The quantitative estimate of drug-likeness (QED) is 0.0760. The summed E-state index contributed by atoms with van der Waals surface area (Å²) in [6.45, 7) is 11.1. The number of nitro groups is 1. The summed E-state index contributed by atoms with van der Waals surface area (Å²) in [5.74, 6) is -1.75. The van der Waals surface area contributed by atoms with Gasteiger partial charge in [0.1, 0.15) is 22.8 Å². The van der Waals surface area contributed by atoms with Crippen molar-refractivity contribution in [3.8, 4) is 11.5 Å². The zero-order valence-corrected chi connectivity index (χ0v) is 37.0. The number of allylic oxidation sites excluding steroid dienone is 1. The second-order valence-electron chi connectivity index (χ2n) is 17.5. The largest absolute Gasteiger partial charge is 0.455 e. The van der Waals surface area contributed by atoms with Crippen LogP contribution in [-0.4, -0.2) is 86.1 Å². The Kier molecular flexibility index (Phi) is 12.8. The molecule has 14 nitrogen and oxygen atoms in total. The highest BCUT2D eigenvalue weighted by Gasteiger charge is 2.33. The minimum Gasteiger partial charge on any atom is -0.455 e. The van der Waals surface area contributed by atoms with Gasteiger partial charge < -0.3 is 24.7 Å². The van der Waals surface area contributed by atoms with Gasteiger partial charge in [-0.25, -0.2) is 22.5 Å². The van der Waals surface area contributed by atoms with Crippen molar-refractivity contribution in [1.29, 1.82) is 0 Å². The van der Waals surface area contributed by atoms with E-state index in [1.807, 2.05) is 22.9 Å². The van der Waals surface area contributed by atoms with Gasteiger partial charge in [-0.05, 0) is 104 Å². The molecule has 1 aliphatic carbocycles. The van der Waals surface area contributed by atoms with Gasteiger partial charge >= 0.3 is 0 Å². The molecule has 2 aromatic heterocycles. The third-order valence-corrected chi connectivity index (χ3v) is 14.0. The predicted molar refractivity (Wildman–Crippen MR) is 242 cm³/mol. The molecule has 332 valence electrons. The number of nitrogens with one attached hydrogen (secondary N) is 3. The predicted octanol–water partition coefficient (Wildman–Crippen LogP) is 9.19. The van der Waals surface area contributed by atoms with Crippen LogP contribution in [0.25, 0.3) is 16.6 Å². The topological polar surface area (TPSA) is 172 Å². The summed E-state index contributed by atoms with van der Waals surface area (Å²) in [4.78, 5) is 36.5. The molecule has 17 heteroatoms. The molecule has 0 unspecified atom stereocenters. The highest BCUT2D eigenvalue weighted by molar-refractivity contribution is 7.90. The number of benzene rings is 3. The number of fused-ring (bicyclic) bond motifs is 1. The van der Waals surface area contributed by atoms with Gasteiger partial charge in [-0.2, -0.15) is 0 Å². The highest BCUT2D eigenvalue weighted by atomic mass is 35.5. The van der Waals surface area contributed by atoms with Crippen molar-refractivity contribution in [2.24, 2.45) is 11.3 Å². The van der Waals surface area contributed by atoms with E-state index in [1.54, 1.807) is 24.4 Å². The number of ether oxygens (including phenoxy) is 2. The van der Waals surface area contributed by atoms with Crippen molar-refractivity contribution in [3.63, 3.8) is 0 Å². The second-order valence-corrected chi connectivity index (χ2v) is 19.6. The van der Waals surface area contributed by atoms with Gasteiger partial charge in [0, 0.05) is 86.4 Å². The molecular weight excluding hydrogens is 849 g/mol. The van der Waals surface area contributed by atoms with E-state index in [0.717, 1.165) is 49.5 Å². The highest BCUT2D eigenvalue weighted by Crippen LogP contribution is 2.44. The molecule has 3 aliphatic rings. The van der Waals surface area contributed by atoms with Crippen LogP contribution in [0.3, 0.4) is 0 Å². The number of sulfonamides is 1. The van der Waals surface area contributed by atoms with Crippen molar-refractivity contribution < 1.29 is 32.0 Å². The van der Waals surface area contributed by atoms with E-state index in [9.17, 15) is 23.3 Å². The minimum atomic E-state index is -4.82. The molecule has 5 aromatic rings. The van der Waals surface area contributed by atoms with Crippen LogP contribution in [0.15, 0.2) is 89.6 Å². The van der Waals surface area contributed by atoms with Gasteiger partial charge in [-0.15, -0.1) is 0 Å². The lowest BCUT2D eigenvalue weighted by atomic mass is 9.72. The number of piperazine rings is 1. The third kappa shape index (κ3) is 10.1. The maximum absolute atomic E-state index is 15.5. The van der Waals surface area contributed by atoms with E-state index in [2.05, 4.69) is 58.0 Å². The SMILES string of the molecule is C[C@@H]1CN(c2ccc(C(=O)NS(=O)(=O)c3cc(F)c(NCC4CCOCC4)c([N+](=O)[O-])c3)c(Oc3cnc4[nH]ccc4c3)c2)CCN1CC1=C(c2ccc(Cl)cc2)CC(C)(C)CC1. The van der Waals surface area contributed by atoms with Crippen LogP contribution in [0.2, 0.25) is 5.02 Å². The number of halogens is 2. The monoisotopic (exact) mass is 899 g/mol. The first-order chi connectivity index (χ1) is 30.1. The standard InChI is InChI=1S/C46H51ClFN7O7S/c1-29-27-54(17-16-53(29)28-33-10-14-46(2,3)24-39(33)31-4-6-34(47)7-5-31)35-8-9-38(42(21-35)62-36-20-32-11-15-49-44(32)51-26-36)45(56)52-63(59,60)37-22-40(48)43(41(23-37)55(57)58)50-25-30-12-18-61-19-13-30/h4-9,11,15,20-23,26,29-30,50H,10,12-14,16-19,24-25,27-28H2,1-3H3,(H,49,51)(H,52,56)/t29-/m1/s1.